The van der Waals surface area contributed by atoms with Crippen LogP contribution in [0.2, 0.25) is 0 Å². The maximum Gasteiger partial charge on any atom is 0.343 e. The molecule has 1 aliphatic heterocycles. The zero-order valence-corrected chi connectivity index (χ0v) is 19.6. The first kappa shape index (κ1) is 23.7. The number of amidine groups is 1. The van der Waals surface area contributed by atoms with Gasteiger partial charge in [0.2, 0.25) is 0 Å². The average Bonchev–Trinajstić information content (AvgIpc) is 3.19. The van der Waals surface area contributed by atoms with E-state index >= 15 is 0 Å². The van der Waals surface area contributed by atoms with Crippen molar-refractivity contribution in [3.8, 4) is 5.75 Å². The Morgan fingerprint density at radius 3 is 2.37 bits per heavy atom. The molecule has 0 aromatic heterocycles. The SMILES string of the molecule is COC(=O)COc1ccccc1/C=C1\N=C(c2ccccc2)N(NC(=S)Nc2ccccc2)C1=O. The lowest BCUT2D eigenvalue weighted by molar-refractivity contribution is -0.142. The van der Waals surface area contributed by atoms with Gasteiger partial charge in [-0.2, -0.15) is 5.01 Å². The number of hydrazine groups is 1. The fourth-order valence-electron chi connectivity index (χ4n) is 3.26. The number of ether oxygens (including phenoxy) is 2. The predicted octanol–water partition coefficient (Wildman–Crippen LogP) is 3.77. The normalized spacial score (nSPS) is 13.9. The van der Waals surface area contributed by atoms with E-state index in [0.717, 1.165) is 11.3 Å². The van der Waals surface area contributed by atoms with Gasteiger partial charge in [0.15, 0.2) is 17.6 Å². The molecule has 0 unspecified atom stereocenters. The van der Waals surface area contributed by atoms with Crippen LogP contribution in [0.15, 0.2) is 95.6 Å². The number of hydrogen-bond acceptors (Lipinski definition) is 6. The molecule has 0 aliphatic carbocycles. The third-order valence-electron chi connectivity index (χ3n) is 4.92. The van der Waals surface area contributed by atoms with Crippen LogP contribution in [0.3, 0.4) is 0 Å². The zero-order valence-electron chi connectivity index (χ0n) is 18.8. The van der Waals surface area contributed by atoms with Crippen LogP contribution in [0.4, 0.5) is 5.69 Å². The Bertz CT molecular complexity index is 1290. The van der Waals surface area contributed by atoms with Crippen LogP contribution in [0.25, 0.3) is 6.08 Å². The minimum absolute atomic E-state index is 0.174. The number of nitrogens with one attached hydrogen (secondary N) is 2. The van der Waals surface area contributed by atoms with E-state index in [1.807, 2.05) is 60.7 Å². The Morgan fingerprint density at radius 2 is 1.66 bits per heavy atom. The summed E-state index contributed by atoms with van der Waals surface area (Å²) in [6.45, 7) is -0.254. The van der Waals surface area contributed by atoms with E-state index < -0.39 is 11.9 Å². The Morgan fingerprint density at radius 1 is 1.00 bits per heavy atom. The Kier molecular flexibility index (Phi) is 7.49. The average molecular weight is 487 g/mol. The van der Waals surface area contributed by atoms with E-state index in [-0.39, 0.29) is 17.4 Å². The van der Waals surface area contributed by atoms with E-state index in [4.69, 9.17) is 17.0 Å². The number of thiocarbonyl (C=S) groups is 1. The molecule has 4 rings (SSSR count). The zero-order chi connectivity index (χ0) is 24.6. The lowest BCUT2D eigenvalue weighted by Gasteiger charge is -2.21. The highest BCUT2D eigenvalue weighted by molar-refractivity contribution is 7.80. The summed E-state index contributed by atoms with van der Waals surface area (Å²) in [5, 5.41) is 4.59. The van der Waals surface area contributed by atoms with Gasteiger partial charge in [0.25, 0.3) is 5.91 Å². The molecule has 0 spiro atoms. The smallest absolute Gasteiger partial charge is 0.343 e. The molecule has 3 aromatic carbocycles. The minimum Gasteiger partial charge on any atom is -0.481 e. The molecule has 1 amide bonds. The molecule has 3 aromatic rings. The summed E-state index contributed by atoms with van der Waals surface area (Å²) in [5.74, 6) is -0.0956. The first-order valence-electron chi connectivity index (χ1n) is 10.7. The van der Waals surface area contributed by atoms with E-state index in [1.54, 1.807) is 30.3 Å². The summed E-state index contributed by atoms with van der Waals surface area (Å²) in [4.78, 5) is 29.5. The lowest BCUT2D eigenvalue weighted by atomic mass is 10.1. The summed E-state index contributed by atoms with van der Waals surface area (Å²) in [6, 6.07) is 25.7. The van der Waals surface area contributed by atoms with Gasteiger partial charge in [-0.25, -0.2) is 9.79 Å². The highest BCUT2D eigenvalue weighted by Gasteiger charge is 2.32. The Balaban J connectivity index is 1.62. The molecular formula is C26H22N4O4S. The first-order chi connectivity index (χ1) is 17.0. The predicted molar refractivity (Wildman–Crippen MR) is 138 cm³/mol. The monoisotopic (exact) mass is 486 g/mol. The number of para-hydroxylation sites is 2. The molecular weight excluding hydrogens is 464 g/mol. The molecule has 8 nitrogen and oxygen atoms in total. The van der Waals surface area contributed by atoms with Gasteiger partial charge >= 0.3 is 5.97 Å². The fourth-order valence-corrected chi connectivity index (χ4v) is 3.47. The van der Waals surface area contributed by atoms with E-state index in [2.05, 4.69) is 20.5 Å². The van der Waals surface area contributed by atoms with Gasteiger partial charge < -0.3 is 14.8 Å². The molecule has 0 atom stereocenters. The second-order valence-electron chi connectivity index (χ2n) is 7.31. The summed E-state index contributed by atoms with van der Waals surface area (Å²) in [6.07, 6.45) is 1.60. The second kappa shape index (κ2) is 11.1. The van der Waals surface area contributed by atoms with Crippen molar-refractivity contribution >= 4 is 46.8 Å². The highest BCUT2D eigenvalue weighted by Crippen LogP contribution is 2.25. The first-order valence-corrected chi connectivity index (χ1v) is 11.1. The van der Waals surface area contributed by atoms with Crippen molar-refractivity contribution in [3.63, 3.8) is 0 Å². The van der Waals surface area contributed by atoms with Crippen LogP contribution >= 0.6 is 12.2 Å². The van der Waals surface area contributed by atoms with Gasteiger partial charge in [0.05, 0.1) is 7.11 Å². The van der Waals surface area contributed by atoms with Crippen LogP contribution in [-0.4, -0.2) is 41.6 Å². The summed E-state index contributed by atoms with van der Waals surface area (Å²) in [5.41, 5.74) is 5.21. The standard InChI is InChI=1S/C26H22N4O4S/c1-33-23(31)17-34-22-15-9-8-12-19(22)16-21-25(32)30(24(28-21)18-10-4-2-5-11-18)29-26(35)27-20-13-6-3-7-14-20/h2-16H,17H2,1H3,(H2,27,29,35)/b21-16-. The number of hydrogen-bond donors (Lipinski definition) is 2. The van der Waals surface area contributed by atoms with Crippen molar-refractivity contribution in [2.75, 3.05) is 19.0 Å². The van der Waals surface area contributed by atoms with Gasteiger partial charge in [0.1, 0.15) is 11.4 Å². The van der Waals surface area contributed by atoms with Crippen molar-refractivity contribution in [3.05, 3.63) is 102 Å². The highest BCUT2D eigenvalue weighted by atomic mass is 32.1. The van der Waals surface area contributed by atoms with Crippen LogP contribution in [0, 0.1) is 0 Å². The molecule has 0 saturated carbocycles. The van der Waals surface area contributed by atoms with E-state index in [9.17, 15) is 9.59 Å². The van der Waals surface area contributed by atoms with Crippen molar-refractivity contribution in [2.24, 2.45) is 4.99 Å². The maximum atomic E-state index is 13.4. The van der Waals surface area contributed by atoms with Gasteiger partial charge in [-0.15, -0.1) is 0 Å². The number of amides is 1. The van der Waals surface area contributed by atoms with Gasteiger partial charge in [-0.1, -0.05) is 66.7 Å². The molecule has 35 heavy (non-hydrogen) atoms. The number of esters is 1. The van der Waals surface area contributed by atoms with Gasteiger partial charge in [-0.3, -0.25) is 10.2 Å². The van der Waals surface area contributed by atoms with E-state index in [0.29, 0.717) is 17.1 Å². The topological polar surface area (TPSA) is 92.3 Å². The largest absolute Gasteiger partial charge is 0.481 e. The number of carbonyl (C=O) groups is 2. The van der Waals surface area contributed by atoms with Crippen LogP contribution in [-0.2, 0) is 14.3 Å². The number of nitrogens with zero attached hydrogens (tertiary/aromatic N) is 2. The number of methoxy groups -OCH3 is 1. The van der Waals surface area contributed by atoms with Crippen LogP contribution < -0.4 is 15.5 Å². The van der Waals surface area contributed by atoms with Gasteiger partial charge in [-0.05, 0) is 36.5 Å². The number of benzene rings is 3. The molecule has 9 heteroatoms. The number of anilines is 1. The van der Waals surface area contributed by atoms with E-state index in [1.165, 1.54) is 12.1 Å². The number of carbonyl (C=O) groups excluding carboxylic acids is 2. The third kappa shape index (κ3) is 5.90. The summed E-state index contributed by atoms with van der Waals surface area (Å²) < 4.78 is 10.2. The molecule has 0 radical (unpaired) electrons. The van der Waals surface area contributed by atoms with Crippen molar-refractivity contribution in [1.82, 2.24) is 10.4 Å². The molecule has 0 fully saturated rings. The Hall–Kier alpha value is -4.50. The number of rotatable bonds is 7. The third-order valence-corrected chi connectivity index (χ3v) is 5.12. The Labute approximate surface area is 207 Å². The molecule has 1 aliphatic rings. The lowest BCUT2D eigenvalue weighted by Crippen LogP contribution is -2.48. The maximum absolute atomic E-state index is 13.4. The second-order valence-corrected chi connectivity index (χ2v) is 7.71. The fraction of sp³-hybridized carbons (Fsp3) is 0.0769. The molecule has 176 valence electrons. The quantitative estimate of drug-likeness (QED) is 0.298. The number of aliphatic imine (C=N–C) groups is 1. The molecule has 0 bridgehead atoms. The van der Waals surface area contributed by atoms with Crippen LogP contribution in [0.5, 0.6) is 5.75 Å². The van der Waals surface area contributed by atoms with Crippen molar-refractivity contribution in [2.45, 2.75) is 0 Å². The molecule has 0 saturated heterocycles. The summed E-state index contributed by atoms with van der Waals surface area (Å²) in [7, 11) is 1.29. The van der Waals surface area contributed by atoms with Crippen molar-refractivity contribution in [1.29, 1.82) is 0 Å². The van der Waals surface area contributed by atoms with Crippen LogP contribution in [0.1, 0.15) is 11.1 Å². The van der Waals surface area contributed by atoms with Crippen molar-refractivity contribution < 1.29 is 19.1 Å². The summed E-state index contributed by atoms with van der Waals surface area (Å²) >= 11 is 5.43. The van der Waals surface area contributed by atoms with Gasteiger partial charge in [0, 0.05) is 16.8 Å². The molecule has 2 N–H and O–H groups in total. The molecule has 1 heterocycles. The minimum atomic E-state index is -0.511.